The molecule has 1 atom stereocenters. The first-order chi connectivity index (χ1) is 8.66. The molecule has 2 rings (SSSR count). The topological polar surface area (TPSA) is 75.1 Å². The summed E-state index contributed by atoms with van der Waals surface area (Å²) in [6.45, 7) is 2.60. The van der Waals surface area contributed by atoms with Crippen molar-refractivity contribution in [3.8, 4) is 0 Å². The first kappa shape index (κ1) is 12.7. The van der Waals surface area contributed by atoms with E-state index in [9.17, 15) is 4.79 Å². The van der Waals surface area contributed by atoms with E-state index in [-0.39, 0.29) is 11.6 Å². The van der Waals surface area contributed by atoms with Gasteiger partial charge in [-0.2, -0.15) is 0 Å². The first-order valence-electron chi connectivity index (χ1n) is 5.48. The standard InChI is InChI=1S/C12H13N3O2S/c1-8(15-7-11-14-4-5-18-11)10-6-9(12(16)17)2-3-13-10/h2-6,8,15H,7H2,1H3,(H,16,17). The minimum Gasteiger partial charge on any atom is -0.478 e. The van der Waals surface area contributed by atoms with Gasteiger partial charge in [-0.1, -0.05) is 0 Å². The Balaban J connectivity index is 2.02. The molecule has 0 aromatic carbocycles. The Morgan fingerprint density at radius 1 is 1.50 bits per heavy atom. The zero-order chi connectivity index (χ0) is 13.0. The van der Waals surface area contributed by atoms with Gasteiger partial charge in [-0.15, -0.1) is 11.3 Å². The molecule has 0 radical (unpaired) electrons. The molecule has 18 heavy (non-hydrogen) atoms. The number of aromatic nitrogens is 2. The van der Waals surface area contributed by atoms with E-state index in [1.807, 2.05) is 12.3 Å². The Bertz CT molecular complexity index is 528. The lowest BCUT2D eigenvalue weighted by Crippen LogP contribution is -2.19. The van der Waals surface area contributed by atoms with Crippen LogP contribution < -0.4 is 5.32 Å². The third-order valence-corrected chi connectivity index (χ3v) is 3.29. The van der Waals surface area contributed by atoms with Gasteiger partial charge in [0.1, 0.15) is 5.01 Å². The summed E-state index contributed by atoms with van der Waals surface area (Å²) in [6, 6.07) is 3.05. The third-order valence-electron chi connectivity index (χ3n) is 2.51. The summed E-state index contributed by atoms with van der Waals surface area (Å²) in [6.07, 6.45) is 3.27. The van der Waals surface area contributed by atoms with Gasteiger partial charge in [-0.25, -0.2) is 9.78 Å². The predicted octanol–water partition coefficient (Wildman–Crippen LogP) is 2.09. The van der Waals surface area contributed by atoms with Crippen molar-refractivity contribution in [2.75, 3.05) is 0 Å². The Kier molecular flexibility index (Phi) is 4.01. The number of thiazole rings is 1. The number of carboxylic acids is 1. The summed E-state index contributed by atoms with van der Waals surface area (Å²) in [4.78, 5) is 19.2. The van der Waals surface area contributed by atoms with Crippen molar-refractivity contribution in [3.05, 3.63) is 46.2 Å². The van der Waals surface area contributed by atoms with Gasteiger partial charge in [0.15, 0.2) is 0 Å². The van der Waals surface area contributed by atoms with Gasteiger partial charge in [0.2, 0.25) is 0 Å². The molecule has 0 fully saturated rings. The maximum Gasteiger partial charge on any atom is 0.335 e. The van der Waals surface area contributed by atoms with Crippen molar-refractivity contribution in [2.45, 2.75) is 19.5 Å². The highest BCUT2D eigenvalue weighted by atomic mass is 32.1. The van der Waals surface area contributed by atoms with E-state index in [0.717, 1.165) is 5.01 Å². The fourth-order valence-electron chi connectivity index (χ4n) is 1.50. The average molecular weight is 263 g/mol. The molecular weight excluding hydrogens is 250 g/mol. The summed E-state index contributed by atoms with van der Waals surface area (Å²) in [5.74, 6) is -0.939. The van der Waals surface area contributed by atoms with E-state index in [1.54, 1.807) is 23.6 Å². The van der Waals surface area contributed by atoms with Gasteiger partial charge >= 0.3 is 5.97 Å². The maximum atomic E-state index is 10.9. The number of pyridine rings is 1. The normalized spacial score (nSPS) is 12.3. The number of carbonyl (C=O) groups is 1. The molecule has 0 aliphatic carbocycles. The zero-order valence-corrected chi connectivity index (χ0v) is 10.6. The van der Waals surface area contributed by atoms with E-state index in [1.165, 1.54) is 12.3 Å². The fourth-order valence-corrected chi connectivity index (χ4v) is 2.07. The lowest BCUT2D eigenvalue weighted by Gasteiger charge is -2.12. The molecule has 0 aliphatic heterocycles. The smallest absolute Gasteiger partial charge is 0.335 e. The summed E-state index contributed by atoms with van der Waals surface area (Å²) < 4.78 is 0. The Labute approximate surface area is 109 Å². The second-order valence-corrected chi connectivity index (χ2v) is 4.78. The van der Waals surface area contributed by atoms with E-state index >= 15 is 0 Å². The molecule has 0 amide bonds. The highest BCUT2D eigenvalue weighted by Gasteiger charge is 2.10. The molecule has 1 unspecified atom stereocenters. The van der Waals surface area contributed by atoms with Crippen LogP contribution in [-0.2, 0) is 6.54 Å². The van der Waals surface area contributed by atoms with Crippen molar-refractivity contribution in [1.82, 2.24) is 15.3 Å². The Morgan fingerprint density at radius 2 is 2.33 bits per heavy atom. The lowest BCUT2D eigenvalue weighted by atomic mass is 10.1. The van der Waals surface area contributed by atoms with Crippen LogP contribution in [0.5, 0.6) is 0 Å². The van der Waals surface area contributed by atoms with Crippen LogP contribution in [0.3, 0.4) is 0 Å². The molecular formula is C12H13N3O2S. The highest BCUT2D eigenvalue weighted by Crippen LogP contribution is 2.13. The van der Waals surface area contributed by atoms with Crippen LogP contribution >= 0.6 is 11.3 Å². The van der Waals surface area contributed by atoms with Crippen LogP contribution in [0.25, 0.3) is 0 Å². The van der Waals surface area contributed by atoms with Crippen LogP contribution in [0.2, 0.25) is 0 Å². The van der Waals surface area contributed by atoms with Crippen LogP contribution in [0.15, 0.2) is 29.9 Å². The quantitative estimate of drug-likeness (QED) is 0.864. The van der Waals surface area contributed by atoms with Crippen LogP contribution in [-0.4, -0.2) is 21.0 Å². The van der Waals surface area contributed by atoms with Crippen LogP contribution in [0.1, 0.15) is 34.0 Å². The van der Waals surface area contributed by atoms with Crippen LogP contribution in [0.4, 0.5) is 0 Å². The van der Waals surface area contributed by atoms with E-state index in [2.05, 4.69) is 15.3 Å². The molecule has 2 aromatic heterocycles. The van der Waals surface area contributed by atoms with Crippen molar-refractivity contribution in [2.24, 2.45) is 0 Å². The van der Waals surface area contributed by atoms with Crippen molar-refractivity contribution >= 4 is 17.3 Å². The van der Waals surface area contributed by atoms with Gasteiger partial charge in [-0.3, -0.25) is 4.98 Å². The number of nitrogens with one attached hydrogen (secondary N) is 1. The zero-order valence-electron chi connectivity index (χ0n) is 9.83. The molecule has 0 saturated heterocycles. The number of aromatic carboxylic acids is 1. The molecule has 2 heterocycles. The molecule has 6 heteroatoms. The molecule has 5 nitrogen and oxygen atoms in total. The minimum atomic E-state index is -0.939. The Hall–Kier alpha value is -1.79. The summed E-state index contributed by atoms with van der Waals surface area (Å²) >= 11 is 1.58. The van der Waals surface area contributed by atoms with Gasteiger partial charge in [0.25, 0.3) is 0 Å². The molecule has 94 valence electrons. The van der Waals surface area contributed by atoms with Gasteiger partial charge in [-0.05, 0) is 19.1 Å². The largest absolute Gasteiger partial charge is 0.478 e. The van der Waals surface area contributed by atoms with E-state index in [4.69, 9.17) is 5.11 Å². The number of carboxylic acid groups (broad SMARTS) is 1. The fraction of sp³-hybridized carbons (Fsp3) is 0.250. The second kappa shape index (κ2) is 5.70. The first-order valence-corrected chi connectivity index (χ1v) is 6.36. The predicted molar refractivity (Wildman–Crippen MR) is 68.6 cm³/mol. The minimum absolute atomic E-state index is 0.0202. The maximum absolute atomic E-state index is 10.9. The Morgan fingerprint density at radius 3 is 3.00 bits per heavy atom. The summed E-state index contributed by atoms with van der Waals surface area (Å²) in [7, 11) is 0. The summed E-state index contributed by atoms with van der Waals surface area (Å²) in [5.41, 5.74) is 0.967. The SMILES string of the molecule is CC(NCc1nccs1)c1cc(C(=O)O)ccn1. The van der Waals surface area contributed by atoms with Crippen molar-refractivity contribution < 1.29 is 9.90 Å². The molecule has 0 spiro atoms. The van der Waals surface area contributed by atoms with Gasteiger partial charge < -0.3 is 10.4 Å². The molecule has 0 bridgehead atoms. The third kappa shape index (κ3) is 3.12. The van der Waals surface area contributed by atoms with Gasteiger partial charge in [0.05, 0.1) is 11.3 Å². The molecule has 0 saturated carbocycles. The number of hydrogen-bond acceptors (Lipinski definition) is 5. The van der Waals surface area contributed by atoms with E-state index in [0.29, 0.717) is 12.2 Å². The monoisotopic (exact) mass is 263 g/mol. The number of rotatable bonds is 5. The molecule has 0 aliphatic rings. The second-order valence-electron chi connectivity index (χ2n) is 3.80. The summed E-state index contributed by atoms with van der Waals surface area (Å²) in [5, 5.41) is 15.1. The average Bonchev–Trinajstić information content (AvgIpc) is 2.89. The number of nitrogens with zero attached hydrogens (tertiary/aromatic N) is 2. The van der Waals surface area contributed by atoms with Gasteiger partial charge in [0, 0.05) is 30.4 Å². The lowest BCUT2D eigenvalue weighted by molar-refractivity contribution is 0.0696. The molecule has 2 N–H and O–H groups in total. The molecule has 2 aromatic rings. The highest BCUT2D eigenvalue weighted by molar-refractivity contribution is 7.09. The van der Waals surface area contributed by atoms with Crippen LogP contribution in [0, 0.1) is 0 Å². The number of hydrogen-bond donors (Lipinski definition) is 2. The van der Waals surface area contributed by atoms with E-state index < -0.39 is 5.97 Å². The van der Waals surface area contributed by atoms with Crippen molar-refractivity contribution in [1.29, 1.82) is 0 Å². The van der Waals surface area contributed by atoms with Crippen molar-refractivity contribution in [3.63, 3.8) is 0 Å².